The van der Waals surface area contributed by atoms with Gasteiger partial charge < -0.3 is 14.4 Å². The number of alkyl halides is 3. The molecule has 0 saturated carbocycles. The van der Waals surface area contributed by atoms with E-state index in [1.54, 1.807) is 17.3 Å². The molecule has 5 heterocycles. The fraction of sp³-hybridized carbons (Fsp3) is 0.370. The molecule has 0 aliphatic carbocycles. The smallest absolute Gasteiger partial charge is 0.371 e. The first kappa shape index (κ1) is 24.3. The molecule has 6 rings (SSSR count). The van der Waals surface area contributed by atoms with Crippen molar-refractivity contribution >= 4 is 22.5 Å². The second kappa shape index (κ2) is 9.38. The first-order valence-electron chi connectivity index (χ1n) is 12.6. The van der Waals surface area contributed by atoms with Crippen LogP contribution in [0.1, 0.15) is 25.0 Å². The first-order chi connectivity index (χ1) is 18.3. The summed E-state index contributed by atoms with van der Waals surface area (Å²) in [6, 6.07) is 12.2. The number of carbonyl (C=O) groups excluding carboxylic acids is 1. The third kappa shape index (κ3) is 4.35. The van der Waals surface area contributed by atoms with Crippen LogP contribution >= 0.6 is 0 Å². The molecule has 0 N–H and O–H groups in total. The second-order valence-electron chi connectivity index (χ2n) is 9.97. The van der Waals surface area contributed by atoms with Crippen LogP contribution < -0.4 is 4.90 Å². The summed E-state index contributed by atoms with van der Waals surface area (Å²) in [6.45, 7) is 3.77. The number of hydrogen-bond donors (Lipinski definition) is 0. The highest BCUT2D eigenvalue weighted by Crippen LogP contribution is 2.35. The van der Waals surface area contributed by atoms with Crippen molar-refractivity contribution in [3.05, 3.63) is 66.6 Å². The fourth-order valence-electron chi connectivity index (χ4n) is 5.65. The quantitative estimate of drug-likeness (QED) is 0.397. The normalized spacial score (nSPS) is 20.0. The molecule has 2 atom stereocenters. The van der Waals surface area contributed by atoms with Crippen LogP contribution in [0.5, 0.6) is 0 Å². The Morgan fingerprint density at radius 1 is 0.974 bits per heavy atom. The molecule has 0 bridgehead atoms. The monoisotopic (exact) mass is 521 g/mol. The Hall–Kier alpha value is -4.02. The number of fused-ring (bicyclic) bond motifs is 2. The average Bonchev–Trinajstić information content (AvgIpc) is 3.37. The van der Waals surface area contributed by atoms with E-state index >= 15 is 0 Å². The van der Waals surface area contributed by atoms with Crippen LogP contribution in [-0.2, 0) is 24.1 Å². The van der Waals surface area contributed by atoms with Gasteiger partial charge in [0.1, 0.15) is 0 Å². The Morgan fingerprint density at radius 3 is 2.55 bits per heavy atom. The number of benzene rings is 1. The van der Waals surface area contributed by atoms with E-state index < -0.39 is 12.0 Å². The molecule has 8 nitrogen and oxygen atoms in total. The number of amides is 1. The zero-order valence-corrected chi connectivity index (χ0v) is 20.8. The van der Waals surface area contributed by atoms with Gasteiger partial charge in [-0.15, -0.1) is 10.2 Å². The van der Waals surface area contributed by atoms with Gasteiger partial charge in [-0.2, -0.15) is 13.2 Å². The topological polar surface area (TPSA) is 80.0 Å². The highest BCUT2D eigenvalue weighted by molar-refractivity contribution is 5.94. The molecule has 1 amide bonds. The summed E-state index contributed by atoms with van der Waals surface area (Å²) in [5.41, 5.74) is 4.13. The fourth-order valence-corrected chi connectivity index (χ4v) is 5.65. The van der Waals surface area contributed by atoms with Crippen molar-refractivity contribution in [2.45, 2.75) is 32.6 Å². The molecule has 0 radical (unpaired) electrons. The second-order valence-corrected chi connectivity index (χ2v) is 9.97. The molecule has 1 fully saturated rings. The summed E-state index contributed by atoms with van der Waals surface area (Å²) >= 11 is 0. The van der Waals surface area contributed by atoms with Gasteiger partial charge in [0, 0.05) is 61.8 Å². The number of halogens is 3. The van der Waals surface area contributed by atoms with Crippen molar-refractivity contribution in [2.75, 3.05) is 24.5 Å². The first-order valence-corrected chi connectivity index (χ1v) is 12.6. The molecule has 1 aromatic carbocycles. The Bertz CT molecular complexity index is 1490. The number of hydrogen-bond acceptors (Lipinski definition) is 6. The summed E-state index contributed by atoms with van der Waals surface area (Å²) in [5, 5.41) is 8.08. The van der Waals surface area contributed by atoms with Crippen LogP contribution in [0.25, 0.3) is 22.0 Å². The minimum Gasteiger partial charge on any atom is -0.371 e. The van der Waals surface area contributed by atoms with Gasteiger partial charge in [-0.25, -0.2) is 0 Å². The third-order valence-corrected chi connectivity index (χ3v) is 7.61. The SMILES string of the molecule is CC1CN(c2ccnc3cc(-c4ccncc4)ccc23)CCC1C(=O)N1CCn2c(nnc2C(F)(F)F)C1. The molecular formula is C27H26F3N7O. The van der Waals surface area contributed by atoms with Crippen molar-refractivity contribution in [3.8, 4) is 11.1 Å². The maximum absolute atomic E-state index is 13.4. The van der Waals surface area contributed by atoms with Crippen LogP contribution in [0.4, 0.5) is 18.9 Å². The van der Waals surface area contributed by atoms with E-state index in [1.165, 1.54) is 0 Å². The number of carbonyl (C=O) groups is 1. The predicted molar refractivity (Wildman–Crippen MR) is 135 cm³/mol. The Morgan fingerprint density at radius 2 is 1.79 bits per heavy atom. The molecule has 1 saturated heterocycles. The minimum atomic E-state index is -4.56. The summed E-state index contributed by atoms with van der Waals surface area (Å²) in [5.74, 6) is -0.980. The molecule has 2 aliphatic rings. The lowest BCUT2D eigenvalue weighted by Gasteiger charge is -2.40. The van der Waals surface area contributed by atoms with Gasteiger partial charge in [0.2, 0.25) is 11.7 Å². The van der Waals surface area contributed by atoms with Crippen LogP contribution in [0.3, 0.4) is 0 Å². The van der Waals surface area contributed by atoms with Crippen molar-refractivity contribution in [2.24, 2.45) is 11.8 Å². The van der Waals surface area contributed by atoms with E-state index in [0.717, 1.165) is 32.3 Å². The molecule has 2 unspecified atom stereocenters. The largest absolute Gasteiger partial charge is 0.451 e. The predicted octanol–water partition coefficient (Wildman–Crippen LogP) is 4.41. The zero-order valence-electron chi connectivity index (χ0n) is 20.8. The average molecular weight is 522 g/mol. The maximum Gasteiger partial charge on any atom is 0.451 e. The van der Waals surface area contributed by atoms with Crippen molar-refractivity contribution in [1.82, 2.24) is 29.6 Å². The molecule has 0 spiro atoms. The molecule has 38 heavy (non-hydrogen) atoms. The van der Waals surface area contributed by atoms with E-state index in [1.807, 2.05) is 24.4 Å². The lowest BCUT2D eigenvalue weighted by Crippen LogP contribution is -2.49. The van der Waals surface area contributed by atoms with Crippen LogP contribution in [0.15, 0.2) is 55.0 Å². The molecule has 196 valence electrons. The van der Waals surface area contributed by atoms with E-state index in [-0.39, 0.29) is 43.2 Å². The van der Waals surface area contributed by atoms with Crippen LogP contribution in [-0.4, -0.2) is 55.2 Å². The number of pyridine rings is 2. The van der Waals surface area contributed by atoms with Crippen molar-refractivity contribution in [3.63, 3.8) is 0 Å². The minimum absolute atomic E-state index is 0.0264. The van der Waals surface area contributed by atoms with Crippen molar-refractivity contribution in [1.29, 1.82) is 0 Å². The van der Waals surface area contributed by atoms with Gasteiger partial charge in [0.25, 0.3) is 0 Å². The van der Waals surface area contributed by atoms with E-state index in [9.17, 15) is 18.0 Å². The van der Waals surface area contributed by atoms with Crippen LogP contribution in [0, 0.1) is 11.8 Å². The maximum atomic E-state index is 13.4. The highest BCUT2D eigenvalue weighted by Gasteiger charge is 2.41. The standard InChI is InChI=1S/C27H26F3N7O/c1-17-15-35(23-6-10-32-22-14-19(2-3-21(22)23)18-4-8-31-9-5-18)11-7-20(17)25(38)36-12-13-37-24(16-36)33-34-26(37)27(28,29)30/h2-6,8-10,14,17,20H,7,11-13,15-16H2,1H3. The number of nitrogens with zero attached hydrogens (tertiary/aromatic N) is 7. The number of anilines is 1. The summed E-state index contributed by atoms with van der Waals surface area (Å²) in [7, 11) is 0. The van der Waals surface area contributed by atoms with E-state index in [0.29, 0.717) is 19.5 Å². The van der Waals surface area contributed by atoms with Gasteiger partial charge in [0.05, 0.1) is 12.1 Å². The van der Waals surface area contributed by atoms with Crippen molar-refractivity contribution < 1.29 is 18.0 Å². The molecule has 4 aromatic rings. The summed E-state index contributed by atoms with van der Waals surface area (Å²) in [6.07, 6.45) is 1.46. The van der Waals surface area contributed by atoms with Crippen LogP contribution in [0.2, 0.25) is 0 Å². The van der Waals surface area contributed by atoms with Gasteiger partial charge in [-0.05, 0) is 47.7 Å². The lowest BCUT2D eigenvalue weighted by atomic mass is 9.85. The molecule has 11 heteroatoms. The third-order valence-electron chi connectivity index (χ3n) is 7.61. The van der Waals surface area contributed by atoms with Gasteiger partial charge in [-0.3, -0.25) is 14.8 Å². The molecule has 3 aromatic heterocycles. The van der Waals surface area contributed by atoms with Gasteiger partial charge in [-0.1, -0.05) is 19.1 Å². The summed E-state index contributed by atoms with van der Waals surface area (Å²) < 4.78 is 40.6. The molecule has 2 aliphatic heterocycles. The highest BCUT2D eigenvalue weighted by atomic mass is 19.4. The van der Waals surface area contributed by atoms with Gasteiger partial charge in [0.15, 0.2) is 5.82 Å². The Labute approximate surface area is 217 Å². The zero-order chi connectivity index (χ0) is 26.4. The lowest BCUT2D eigenvalue weighted by molar-refractivity contribution is -0.148. The number of aromatic nitrogens is 5. The number of rotatable bonds is 3. The Balaban J connectivity index is 1.17. The summed E-state index contributed by atoms with van der Waals surface area (Å²) in [4.78, 5) is 26.0. The Kier molecular flexibility index (Phi) is 6.00. The molecular weight excluding hydrogens is 495 g/mol. The van der Waals surface area contributed by atoms with Gasteiger partial charge >= 0.3 is 6.18 Å². The number of piperidine rings is 1. The van der Waals surface area contributed by atoms with E-state index in [4.69, 9.17) is 0 Å². The van der Waals surface area contributed by atoms with E-state index in [2.05, 4.69) is 50.2 Å².